The molecule has 3 rings (SSSR count). The van der Waals surface area contributed by atoms with Crippen LogP contribution in [0.5, 0.6) is 0 Å². The van der Waals surface area contributed by atoms with E-state index in [0.717, 1.165) is 22.5 Å². The lowest BCUT2D eigenvalue weighted by Gasteiger charge is -2.44. The molecular formula is C17H21FN4O7S. The molecule has 0 amide bonds. The fraction of sp³-hybridized carbons (Fsp3) is 0.529. The lowest BCUT2D eigenvalue weighted by Crippen LogP contribution is -2.65. The van der Waals surface area contributed by atoms with Gasteiger partial charge in [-0.3, -0.25) is 14.9 Å². The second-order valence-electron chi connectivity index (χ2n) is 6.95. The number of non-ortho nitro benzene ring substituents is 1. The third kappa shape index (κ3) is 3.75. The summed E-state index contributed by atoms with van der Waals surface area (Å²) < 4.78 is 52.0. The molecule has 1 aromatic rings. The number of nitrogens with zero attached hydrogens (tertiary/aromatic N) is 3. The first-order valence-electron chi connectivity index (χ1n) is 8.96. The van der Waals surface area contributed by atoms with Crippen molar-refractivity contribution in [1.82, 2.24) is 9.62 Å². The van der Waals surface area contributed by atoms with E-state index >= 15 is 0 Å². The predicted octanol–water partition coefficient (Wildman–Crippen LogP) is 0.502. The third-order valence-corrected chi connectivity index (χ3v) is 7.42. The Kier molecular flexibility index (Phi) is 6.06. The third-order valence-electron chi connectivity index (χ3n) is 5.19. The average Bonchev–Trinajstić information content (AvgIpc) is 3.04. The molecule has 1 aliphatic heterocycles. The number of ketones is 1. The standard InChI is InChI=1S/C17H21FN4O7S/c1-21-16(19-10-29-6-5-28-2)20-17(9-12(23)8-15(17)30(21,26)27)13-7-11(22(24)25)3-4-14(13)18/h3-4,7,15H,5-6,8-10H2,1-2H3,(H,19,20). The number of benzene rings is 1. The van der Waals surface area contributed by atoms with Gasteiger partial charge in [0.1, 0.15) is 23.6 Å². The highest BCUT2D eigenvalue weighted by molar-refractivity contribution is 7.90. The summed E-state index contributed by atoms with van der Waals surface area (Å²) in [6.45, 7) is 0.318. The maximum atomic E-state index is 14.8. The van der Waals surface area contributed by atoms with Crippen LogP contribution < -0.4 is 5.32 Å². The molecule has 1 saturated heterocycles. The Morgan fingerprint density at radius 1 is 1.43 bits per heavy atom. The molecule has 13 heteroatoms. The molecule has 1 saturated carbocycles. The molecule has 0 aromatic heterocycles. The highest BCUT2D eigenvalue weighted by Crippen LogP contribution is 2.46. The van der Waals surface area contributed by atoms with Crippen LogP contribution in [0.3, 0.4) is 0 Å². The van der Waals surface area contributed by atoms with Crippen LogP contribution in [0.4, 0.5) is 10.1 Å². The largest absolute Gasteiger partial charge is 0.382 e. The van der Waals surface area contributed by atoms with Crippen LogP contribution in [-0.2, 0) is 29.8 Å². The van der Waals surface area contributed by atoms with Crippen LogP contribution >= 0.6 is 0 Å². The summed E-state index contributed by atoms with van der Waals surface area (Å²) in [5.74, 6) is -1.42. The minimum absolute atomic E-state index is 0.149. The molecule has 2 aliphatic rings. The van der Waals surface area contributed by atoms with Crippen molar-refractivity contribution in [2.75, 3.05) is 34.1 Å². The van der Waals surface area contributed by atoms with Gasteiger partial charge in [-0.15, -0.1) is 0 Å². The molecule has 1 aromatic carbocycles. The molecule has 164 valence electrons. The van der Waals surface area contributed by atoms with Gasteiger partial charge in [-0.1, -0.05) is 0 Å². The number of hydrogen-bond acceptors (Lipinski definition) is 8. The number of Topliss-reactive ketones (excluding diaryl/α,β-unsaturated/α-hetero) is 1. The van der Waals surface area contributed by atoms with Gasteiger partial charge in [-0.05, 0) is 6.07 Å². The van der Waals surface area contributed by atoms with Gasteiger partial charge in [0.25, 0.3) is 5.69 Å². The van der Waals surface area contributed by atoms with Gasteiger partial charge in [0.05, 0.1) is 23.7 Å². The first kappa shape index (κ1) is 22.1. The Morgan fingerprint density at radius 3 is 2.83 bits per heavy atom. The molecule has 0 bridgehead atoms. The number of ether oxygens (including phenoxy) is 2. The van der Waals surface area contributed by atoms with Gasteiger partial charge in [0, 0.05) is 44.7 Å². The smallest absolute Gasteiger partial charge is 0.270 e. The second kappa shape index (κ2) is 8.24. The van der Waals surface area contributed by atoms with E-state index in [1.54, 1.807) is 0 Å². The van der Waals surface area contributed by atoms with Gasteiger partial charge in [0.15, 0.2) is 0 Å². The van der Waals surface area contributed by atoms with Crippen LogP contribution in [0.1, 0.15) is 18.4 Å². The highest BCUT2D eigenvalue weighted by Gasteiger charge is 2.60. The van der Waals surface area contributed by atoms with Gasteiger partial charge in [0.2, 0.25) is 16.0 Å². The summed E-state index contributed by atoms with van der Waals surface area (Å²) in [5.41, 5.74) is -2.40. The fourth-order valence-corrected chi connectivity index (χ4v) is 5.61. The molecule has 2 fully saturated rings. The van der Waals surface area contributed by atoms with Crippen LogP contribution in [-0.4, -0.2) is 68.7 Å². The number of carbonyl (C=O) groups is 1. The Bertz CT molecular complexity index is 1000. The van der Waals surface area contributed by atoms with Crippen LogP contribution in [0.15, 0.2) is 23.2 Å². The minimum atomic E-state index is -4.12. The number of nitro benzene ring substituents is 1. The van der Waals surface area contributed by atoms with E-state index in [2.05, 4.69) is 10.3 Å². The number of nitrogens with one attached hydrogen (secondary N) is 1. The number of nitro groups is 1. The van der Waals surface area contributed by atoms with E-state index < -0.39 is 43.0 Å². The topological polar surface area (TPSA) is 140 Å². The minimum Gasteiger partial charge on any atom is -0.382 e. The van der Waals surface area contributed by atoms with E-state index in [0.29, 0.717) is 6.61 Å². The SMILES string of the molecule is COCCOC/N=C1\NC2(c3cc([N+](=O)[O-])ccc3F)CC(=O)CC2S(=O)(=O)N1C. The van der Waals surface area contributed by atoms with Gasteiger partial charge in [-0.25, -0.2) is 22.1 Å². The van der Waals surface area contributed by atoms with E-state index in [9.17, 15) is 27.7 Å². The first-order chi connectivity index (χ1) is 14.1. The van der Waals surface area contributed by atoms with E-state index in [1.807, 2.05) is 0 Å². The molecular weight excluding hydrogens is 423 g/mol. The highest BCUT2D eigenvalue weighted by atomic mass is 32.2. The first-order valence-corrected chi connectivity index (χ1v) is 10.5. The summed E-state index contributed by atoms with van der Waals surface area (Å²) in [7, 11) is -1.37. The summed E-state index contributed by atoms with van der Waals surface area (Å²) in [5, 5.41) is 12.7. The molecule has 2 atom stereocenters. The maximum Gasteiger partial charge on any atom is 0.270 e. The molecule has 0 spiro atoms. The zero-order valence-electron chi connectivity index (χ0n) is 16.3. The number of methoxy groups -OCH3 is 1. The lowest BCUT2D eigenvalue weighted by molar-refractivity contribution is -0.385. The van der Waals surface area contributed by atoms with Crippen molar-refractivity contribution in [2.45, 2.75) is 23.6 Å². The fourth-order valence-electron chi connectivity index (χ4n) is 3.71. The zero-order chi connectivity index (χ0) is 22.1. The summed E-state index contributed by atoms with van der Waals surface area (Å²) >= 11 is 0. The molecule has 1 N–H and O–H groups in total. The maximum absolute atomic E-state index is 14.8. The molecule has 30 heavy (non-hydrogen) atoms. The summed E-state index contributed by atoms with van der Waals surface area (Å²) in [6, 6.07) is 2.82. The molecule has 11 nitrogen and oxygen atoms in total. The number of sulfonamides is 1. The monoisotopic (exact) mass is 444 g/mol. The van der Waals surface area contributed by atoms with Crippen molar-refractivity contribution < 1.29 is 32.0 Å². The summed E-state index contributed by atoms with van der Waals surface area (Å²) in [6.07, 6.45) is -0.703. The van der Waals surface area contributed by atoms with E-state index in [-0.39, 0.29) is 37.7 Å². The Labute approximate surface area is 172 Å². The molecule has 1 heterocycles. The van der Waals surface area contributed by atoms with Crippen LogP contribution in [0.2, 0.25) is 0 Å². The molecule has 0 radical (unpaired) electrons. The number of aliphatic imine (C=N–C) groups is 1. The van der Waals surface area contributed by atoms with Gasteiger partial charge >= 0.3 is 0 Å². The lowest BCUT2D eigenvalue weighted by atomic mass is 9.86. The van der Waals surface area contributed by atoms with Crippen molar-refractivity contribution in [2.24, 2.45) is 4.99 Å². The molecule has 1 aliphatic carbocycles. The van der Waals surface area contributed by atoms with Crippen molar-refractivity contribution in [1.29, 1.82) is 0 Å². The van der Waals surface area contributed by atoms with Crippen molar-refractivity contribution in [3.05, 3.63) is 39.7 Å². The predicted molar refractivity (Wildman–Crippen MR) is 103 cm³/mol. The Hall–Kier alpha value is -2.64. The van der Waals surface area contributed by atoms with Gasteiger partial charge in [-0.2, -0.15) is 0 Å². The van der Waals surface area contributed by atoms with Crippen LogP contribution in [0, 0.1) is 15.9 Å². The zero-order valence-corrected chi connectivity index (χ0v) is 17.1. The van der Waals surface area contributed by atoms with Crippen LogP contribution in [0.25, 0.3) is 0 Å². The van der Waals surface area contributed by atoms with Crippen molar-refractivity contribution in [3.8, 4) is 0 Å². The molecule has 2 unspecified atom stereocenters. The quantitative estimate of drug-likeness (QED) is 0.364. The number of rotatable bonds is 7. The number of hydrogen-bond donors (Lipinski definition) is 1. The Balaban J connectivity index is 2.08. The number of guanidine groups is 1. The van der Waals surface area contributed by atoms with Gasteiger partial charge < -0.3 is 14.8 Å². The van der Waals surface area contributed by atoms with Crippen molar-refractivity contribution >= 4 is 27.5 Å². The number of carbonyl (C=O) groups excluding carboxylic acids is 1. The normalized spacial score (nSPS) is 26.5. The number of halogens is 1. The van der Waals surface area contributed by atoms with E-state index in [4.69, 9.17) is 9.47 Å². The summed E-state index contributed by atoms with van der Waals surface area (Å²) in [4.78, 5) is 26.9. The van der Waals surface area contributed by atoms with Crippen molar-refractivity contribution in [3.63, 3.8) is 0 Å². The Morgan fingerprint density at radius 2 is 2.17 bits per heavy atom. The van der Waals surface area contributed by atoms with E-state index in [1.165, 1.54) is 14.2 Å². The second-order valence-corrected chi connectivity index (χ2v) is 9.10. The average molecular weight is 444 g/mol. The number of fused-ring (bicyclic) bond motifs is 1.